The van der Waals surface area contributed by atoms with Crippen molar-refractivity contribution in [3.63, 3.8) is 0 Å². The number of nitrogens with zero attached hydrogens (tertiary/aromatic N) is 4. The molecule has 7 nitrogen and oxygen atoms in total. The first kappa shape index (κ1) is 14.2. The molecule has 0 bridgehead atoms. The van der Waals surface area contributed by atoms with E-state index >= 15 is 0 Å². The minimum atomic E-state index is -0.975. The van der Waals surface area contributed by atoms with Gasteiger partial charge in [-0.1, -0.05) is 17.3 Å². The monoisotopic (exact) mass is 300 g/mol. The Bertz CT molecular complexity index is 725. The molecule has 22 heavy (non-hydrogen) atoms. The number of carbonyl (C=O) groups excluding carboxylic acids is 1. The maximum Gasteiger partial charge on any atom is 0.326 e. The molecule has 2 heterocycles. The maximum absolute atomic E-state index is 12.4. The number of hydrogen-bond donors (Lipinski definition) is 1. The van der Waals surface area contributed by atoms with Crippen LogP contribution in [-0.4, -0.2) is 49.5 Å². The Morgan fingerprint density at radius 3 is 2.91 bits per heavy atom. The minimum absolute atomic E-state index is 0.162. The van der Waals surface area contributed by atoms with Crippen molar-refractivity contribution in [2.24, 2.45) is 0 Å². The molecule has 0 saturated carbocycles. The summed E-state index contributed by atoms with van der Waals surface area (Å²) in [4.78, 5) is 25.0. The number of hydrogen-bond acceptors (Lipinski definition) is 4. The predicted octanol–water partition coefficient (Wildman–Crippen LogP) is 1.26. The molecule has 7 heteroatoms. The second-order valence-corrected chi connectivity index (χ2v) is 5.38. The van der Waals surface area contributed by atoms with E-state index < -0.39 is 12.0 Å². The summed E-state index contributed by atoms with van der Waals surface area (Å²) in [6.07, 6.45) is 2.70. The molecule has 1 aromatic carbocycles. The summed E-state index contributed by atoms with van der Waals surface area (Å²) in [5.74, 6) is -1.36. The number of carboxylic acids is 1. The van der Waals surface area contributed by atoms with Gasteiger partial charge in [-0.3, -0.25) is 4.79 Å². The van der Waals surface area contributed by atoms with Gasteiger partial charge in [-0.25, -0.2) is 9.48 Å². The second-order valence-electron chi connectivity index (χ2n) is 5.38. The molecule has 0 radical (unpaired) electrons. The Morgan fingerprint density at radius 1 is 1.36 bits per heavy atom. The quantitative estimate of drug-likeness (QED) is 0.922. The summed E-state index contributed by atoms with van der Waals surface area (Å²) in [5.41, 5.74) is 2.05. The Morgan fingerprint density at radius 2 is 2.18 bits per heavy atom. The first-order valence-electron chi connectivity index (χ1n) is 7.09. The number of aromatic nitrogens is 3. The summed E-state index contributed by atoms with van der Waals surface area (Å²) in [6.45, 7) is 2.40. The normalized spacial score (nSPS) is 17.7. The molecule has 1 aliphatic heterocycles. The fourth-order valence-electron chi connectivity index (χ4n) is 2.67. The van der Waals surface area contributed by atoms with Crippen molar-refractivity contribution in [3.05, 3.63) is 41.7 Å². The SMILES string of the molecule is Cc1cccc(-n2cc(C(=O)N3CCC[C@@H]3C(=O)O)nn2)c1. The Hall–Kier alpha value is -2.70. The Labute approximate surface area is 127 Å². The topological polar surface area (TPSA) is 88.3 Å². The lowest BCUT2D eigenvalue weighted by Crippen LogP contribution is -2.40. The molecule has 1 aliphatic rings. The van der Waals surface area contributed by atoms with Crippen molar-refractivity contribution in [3.8, 4) is 5.69 Å². The number of rotatable bonds is 3. The van der Waals surface area contributed by atoms with Crippen LogP contribution < -0.4 is 0 Å². The van der Waals surface area contributed by atoms with Gasteiger partial charge < -0.3 is 10.0 Å². The standard InChI is InChI=1S/C15H16N4O3/c1-10-4-2-5-11(8-10)19-9-12(16-17-19)14(20)18-7-3-6-13(18)15(21)22/h2,4-5,8-9,13H,3,6-7H2,1H3,(H,21,22)/t13-/m1/s1. The van der Waals surface area contributed by atoms with Crippen LogP contribution in [0.4, 0.5) is 0 Å². The zero-order valence-corrected chi connectivity index (χ0v) is 12.1. The van der Waals surface area contributed by atoms with Crippen LogP contribution in [0.1, 0.15) is 28.9 Å². The van der Waals surface area contributed by atoms with Gasteiger partial charge in [0, 0.05) is 6.54 Å². The maximum atomic E-state index is 12.4. The second kappa shape index (κ2) is 5.59. The fourth-order valence-corrected chi connectivity index (χ4v) is 2.67. The van der Waals surface area contributed by atoms with Gasteiger partial charge in [-0.2, -0.15) is 0 Å². The highest BCUT2D eigenvalue weighted by molar-refractivity contribution is 5.95. The third-order valence-electron chi connectivity index (χ3n) is 3.78. The highest BCUT2D eigenvalue weighted by Crippen LogP contribution is 2.20. The lowest BCUT2D eigenvalue weighted by molar-refractivity contribution is -0.141. The summed E-state index contributed by atoms with van der Waals surface area (Å²) in [5, 5.41) is 17.0. The fraction of sp³-hybridized carbons (Fsp3) is 0.333. The van der Waals surface area contributed by atoms with Crippen LogP contribution >= 0.6 is 0 Å². The number of amides is 1. The lowest BCUT2D eigenvalue weighted by Gasteiger charge is -2.19. The van der Waals surface area contributed by atoms with Crippen molar-refractivity contribution in [2.75, 3.05) is 6.54 Å². The van der Waals surface area contributed by atoms with E-state index in [0.717, 1.165) is 11.3 Å². The minimum Gasteiger partial charge on any atom is -0.480 e. The number of carbonyl (C=O) groups is 2. The summed E-state index contributed by atoms with van der Waals surface area (Å²) in [6, 6.07) is 6.89. The molecule has 1 fully saturated rings. The Balaban J connectivity index is 1.84. The van der Waals surface area contributed by atoms with E-state index in [1.54, 1.807) is 0 Å². The van der Waals surface area contributed by atoms with Gasteiger partial charge >= 0.3 is 5.97 Å². The van der Waals surface area contributed by atoms with Gasteiger partial charge in [0.15, 0.2) is 5.69 Å². The number of carboxylic acid groups (broad SMARTS) is 1. The van der Waals surface area contributed by atoms with Crippen molar-refractivity contribution in [1.29, 1.82) is 0 Å². The third-order valence-corrected chi connectivity index (χ3v) is 3.78. The van der Waals surface area contributed by atoms with Crippen LogP contribution in [0.3, 0.4) is 0 Å². The molecule has 0 unspecified atom stereocenters. The molecule has 0 aliphatic carbocycles. The zero-order valence-electron chi connectivity index (χ0n) is 12.1. The van der Waals surface area contributed by atoms with Gasteiger partial charge in [-0.15, -0.1) is 5.10 Å². The first-order valence-corrected chi connectivity index (χ1v) is 7.09. The van der Waals surface area contributed by atoms with Crippen LogP contribution in [0.2, 0.25) is 0 Å². The first-order chi connectivity index (χ1) is 10.6. The van der Waals surface area contributed by atoms with Crippen molar-refractivity contribution >= 4 is 11.9 Å². The van der Waals surface area contributed by atoms with Gasteiger partial charge in [0.1, 0.15) is 6.04 Å². The highest BCUT2D eigenvalue weighted by Gasteiger charge is 2.35. The molecule has 0 spiro atoms. The zero-order chi connectivity index (χ0) is 15.7. The van der Waals surface area contributed by atoms with Gasteiger partial charge in [0.05, 0.1) is 11.9 Å². The summed E-state index contributed by atoms with van der Waals surface area (Å²) >= 11 is 0. The predicted molar refractivity (Wildman–Crippen MR) is 77.8 cm³/mol. The van der Waals surface area contributed by atoms with Crippen LogP contribution in [0.15, 0.2) is 30.5 Å². The van der Waals surface area contributed by atoms with Gasteiger partial charge in [-0.05, 0) is 37.5 Å². The van der Waals surface area contributed by atoms with Crippen molar-refractivity contribution in [2.45, 2.75) is 25.8 Å². The van der Waals surface area contributed by atoms with Gasteiger partial charge in [0.2, 0.25) is 0 Å². The smallest absolute Gasteiger partial charge is 0.326 e. The van der Waals surface area contributed by atoms with Crippen molar-refractivity contribution in [1.82, 2.24) is 19.9 Å². The van der Waals surface area contributed by atoms with E-state index in [9.17, 15) is 9.59 Å². The largest absolute Gasteiger partial charge is 0.480 e. The van der Waals surface area contributed by atoms with E-state index in [2.05, 4.69) is 10.3 Å². The molecule has 1 N–H and O–H groups in total. The van der Waals surface area contributed by atoms with E-state index in [-0.39, 0.29) is 11.6 Å². The average Bonchev–Trinajstić information content (AvgIpc) is 3.16. The molecule has 114 valence electrons. The number of likely N-dealkylation sites (tertiary alicyclic amines) is 1. The molecule has 1 aromatic heterocycles. The average molecular weight is 300 g/mol. The molecule has 2 aromatic rings. The molecule has 3 rings (SSSR count). The summed E-state index contributed by atoms with van der Waals surface area (Å²) < 4.78 is 1.52. The molecule has 1 atom stereocenters. The van der Waals surface area contributed by atoms with E-state index in [0.29, 0.717) is 19.4 Å². The van der Waals surface area contributed by atoms with E-state index in [1.165, 1.54) is 15.8 Å². The highest BCUT2D eigenvalue weighted by atomic mass is 16.4. The summed E-state index contributed by atoms with van der Waals surface area (Å²) in [7, 11) is 0. The number of aliphatic carboxylic acids is 1. The Kier molecular flexibility index (Phi) is 3.62. The third kappa shape index (κ3) is 2.57. The van der Waals surface area contributed by atoms with Crippen LogP contribution in [-0.2, 0) is 4.79 Å². The molecular formula is C15H16N4O3. The van der Waals surface area contributed by atoms with E-state index in [4.69, 9.17) is 5.11 Å². The lowest BCUT2D eigenvalue weighted by atomic mass is 10.2. The van der Waals surface area contributed by atoms with Crippen molar-refractivity contribution < 1.29 is 14.7 Å². The number of aryl methyl sites for hydroxylation is 1. The number of benzene rings is 1. The van der Waals surface area contributed by atoms with Crippen LogP contribution in [0.25, 0.3) is 5.69 Å². The van der Waals surface area contributed by atoms with Gasteiger partial charge in [0.25, 0.3) is 5.91 Å². The molecular weight excluding hydrogens is 284 g/mol. The molecule has 1 saturated heterocycles. The van der Waals surface area contributed by atoms with Crippen LogP contribution in [0.5, 0.6) is 0 Å². The molecule has 1 amide bonds. The van der Waals surface area contributed by atoms with E-state index in [1.807, 2.05) is 31.2 Å². The van der Waals surface area contributed by atoms with Crippen LogP contribution in [0, 0.1) is 6.92 Å².